The molecule has 1 N–H and O–H groups in total. The molecule has 0 aliphatic carbocycles. The van der Waals surface area contributed by atoms with Crippen LogP contribution in [0.5, 0.6) is 0 Å². The molecule has 0 fully saturated rings. The standard InChI is InChI=1S/C11H13BrF3NO2S/c1-8-7-9(3-4-10(8)12)19(17,18)16-6-2-5-11(13,14)15/h3-4,7,16H,2,5-6H2,1H3. The average molecular weight is 360 g/mol. The first-order valence-corrected chi connectivity index (χ1v) is 7.72. The average Bonchev–Trinajstić information content (AvgIpc) is 2.27. The zero-order valence-corrected chi connectivity index (χ0v) is 12.5. The zero-order chi connectivity index (χ0) is 14.7. The highest BCUT2D eigenvalue weighted by Gasteiger charge is 2.26. The third kappa shape index (κ3) is 5.50. The van der Waals surface area contributed by atoms with Gasteiger partial charge in [0.25, 0.3) is 0 Å². The van der Waals surface area contributed by atoms with Crippen molar-refractivity contribution in [1.29, 1.82) is 0 Å². The number of hydrogen-bond donors (Lipinski definition) is 1. The molecular formula is C11H13BrF3NO2S. The van der Waals surface area contributed by atoms with E-state index in [1.54, 1.807) is 13.0 Å². The summed E-state index contributed by atoms with van der Waals surface area (Å²) in [5, 5.41) is 0. The summed E-state index contributed by atoms with van der Waals surface area (Å²) in [7, 11) is -3.76. The monoisotopic (exact) mass is 359 g/mol. The first-order valence-electron chi connectivity index (χ1n) is 5.44. The molecule has 0 aromatic heterocycles. The van der Waals surface area contributed by atoms with E-state index in [2.05, 4.69) is 20.7 Å². The topological polar surface area (TPSA) is 46.2 Å². The minimum Gasteiger partial charge on any atom is -0.211 e. The molecule has 0 unspecified atom stereocenters. The fourth-order valence-corrected chi connectivity index (χ4v) is 2.77. The van der Waals surface area contributed by atoms with Gasteiger partial charge in [0.15, 0.2) is 0 Å². The van der Waals surface area contributed by atoms with E-state index < -0.39 is 22.6 Å². The van der Waals surface area contributed by atoms with Gasteiger partial charge in [-0.1, -0.05) is 15.9 Å². The summed E-state index contributed by atoms with van der Waals surface area (Å²) in [5.74, 6) is 0. The number of alkyl halides is 3. The predicted molar refractivity (Wildman–Crippen MR) is 69.4 cm³/mol. The first-order chi connectivity index (χ1) is 8.62. The van der Waals surface area contributed by atoms with E-state index in [9.17, 15) is 21.6 Å². The lowest BCUT2D eigenvalue weighted by Crippen LogP contribution is -2.26. The van der Waals surface area contributed by atoms with Gasteiger partial charge in [0.2, 0.25) is 10.0 Å². The van der Waals surface area contributed by atoms with Gasteiger partial charge in [-0.15, -0.1) is 0 Å². The number of nitrogens with one attached hydrogen (secondary N) is 1. The van der Waals surface area contributed by atoms with Crippen molar-refractivity contribution in [1.82, 2.24) is 4.72 Å². The first kappa shape index (κ1) is 16.5. The maximum Gasteiger partial charge on any atom is 0.389 e. The second-order valence-electron chi connectivity index (χ2n) is 4.03. The van der Waals surface area contributed by atoms with Gasteiger partial charge in [0.05, 0.1) is 4.90 Å². The molecule has 0 aliphatic heterocycles. The Kier molecular flexibility index (Phi) is 5.40. The van der Waals surface area contributed by atoms with Crippen molar-refractivity contribution in [3.63, 3.8) is 0 Å². The number of sulfonamides is 1. The summed E-state index contributed by atoms with van der Waals surface area (Å²) in [4.78, 5) is 0.0419. The van der Waals surface area contributed by atoms with Crippen LogP contribution in [0, 0.1) is 6.92 Å². The number of benzene rings is 1. The number of hydrogen-bond acceptors (Lipinski definition) is 2. The minimum atomic E-state index is -4.26. The Morgan fingerprint density at radius 1 is 1.32 bits per heavy atom. The fraction of sp³-hybridized carbons (Fsp3) is 0.455. The quantitative estimate of drug-likeness (QED) is 0.819. The van der Waals surface area contributed by atoms with Crippen LogP contribution < -0.4 is 4.72 Å². The van der Waals surface area contributed by atoms with Crippen molar-refractivity contribution in [3.8, 4) is 0 Å². The van der Waals surface area contributed by atoms with E-state index in [4.69, 9.17) is 0 Å². The molecule has 0 saturated carbocycles. The highest BCUT2D eigenvalue weighted by atomic mass is 79.9. The van der Waals surface area contributed by atoms with Crippen LogP contribution in [0.1, 0.15) is 18.4 Å². The molecule has 0 bridgehead atoms. The van der Waals surface area contributed by atoms with Gasteiger partial charge >= 0.3 is 6.18 Å². The Labute approximate surface area is 118 Å². The van der Waals surface area contributed by atoms with E-state index >= 15 is 0 Å². The summed E-state index contributed by atoms with van der Waals surface area (Å²) in [6.45, 7) is 1.49. The molecule has 0 heterocycles. The van der Waals surface area contributed by atoms with Crippen LogP contribution in [0.4, 0.5) is 13.2 Å². The Morgan fingerprint density at radius 2 is 1.95 bits per heavy atom. The summed E-state index contributed by atoms with van der Waals surface area (Å²) in [6, 6.07) is 4.43. The van der Waals surface area contributed by atoms with Gasteiger partial charge in [0, 0.05) is 17.4 Å². The van der Waals surface area contributed by atoms with Crippen LogP contribution in [0.2, 0.25) is 0 Å². The molecule has 1 aromatic rings. The lowest BCUT2D eigenvalue weighted by atomic mass is 10.2. The van der Waals surface area contributed by atoms with Crippen LogP contribution >= 0.6 is 15.9 Å². The maximum absolute atomic E-state index is 11.9. The van der Waals surface area contributed by atoms with Crippen molar-refractivity contribution in [2.75, 3.05) is 6.54 Å². The second kappa shape index (κ2) is 6.23. The molecule has 3 nitrogen and oxygen atoms in total. The Balaban J connectivity index is 2.63. The van der Waals surface area contributed by atoms with Crippen LogP contribution in [0.15, 0.2) is 27.6 Å². The second-order valence-corrected chi connectivity index (χ2v) is 6.65. The maximum atomic E-state index is 11.9. The Hall–Kier alpha value is -0.600. The van der Waals surface area contributed by atoms with Crippen LogP contribution in [0.25, 0.3) is 0 Å². The summed E-state index contributed by atoms with van der Waals surface area (Å²) in [5.41, 5.74) is 0.734. The predicted octanol–water partition coefficient (Wildman–Crippen LogP) is 3.38. The van der Waals surface area contributed by atoms with Crippen molar-refractivity contribution in [2.24, 2.45) is 0 Å². The molecule has 8 heteroatoms. The van der Waals surface area contributed by atoms with Crippen molar-refractivity contribution in [3.05, 3.63) is 28.2 Å². The van der Waals surface area contributed by atoms with Crippen LogP contribution in [-0.4, -0.2) is 21.1 Å². The lowest BCUT2D eigenvalue weighted by molar-refractivity contribution is -0.135. The van der Waals surface area contributed by atoms with E-state index in [1.165, 1.54) is 12.1 Å². The minimum absolute atomic E-state index is 0.0419. The SMILES string of the molecule is Cc1cc(S(=O)(=O)NCCCC(F)(F)F)ccc1Br. The molecule has 0 radical (unpaired) electrons. The van der Waals surface area contributed by atoms with Gasteiger partial charge < -0.3 is 0 Å². The van der Waals surface area contributed by atoms with Gasteiger partial charge in [-0.2, -0.15) is 13.2 Å². The molecule has 108 valence electrons. The molecule has 0 saturated heterocycles. The lowest BCUT2D eigenvalue weighted by Gasteiger charge is -2.09. The van der Waals surface area contributed by atoms with E-state index in [0.29, 0.717) is 0 Å². The summed E-state index contributed by atoms with van der Waals surface area (Å²) >= 11 is 3.24. The molecule has 0 spiro atoms. The van der Waals surface area contributed by atoms with Gasteiger partial charge in [-0.05, 0) is 37.1 Å². The fourth-order valence-electron chi connectivity index (χ4n) is 1.36. The molecule has 1 rings (SSSR count). The van der Waals surface area contributed by atoms with Gasteiger partial charge in [-0.25, -0.2) is 13.1 Å². The van der Waals surface area contributed by atoms with Crippen molar-refractivity contribution in [2.45, 2.75) is 30.8 Å². The summed E-state index contributed by atoms with van der Waals surface area (Å²) < 4.78 is 62.3. The molecule has 0 aliphatic rings. The van der Waals surface area contributed by atoms with E-state index in [1.807, 2.05) is 0 Å². The third-order valence-corrected chi connectivity index (χ3v) is 4.72. The summed E-state index contributed by atoms with van der Waals surface area (Å²) in [6.07, 6.45) is -5.55. The molecule has 19 heavy (non-hydrogen) atoms. The molecular weight excluding hydrogens is 347 g/mol. The van der Waals surface area contributed by atoms with Gasteiger partial charge in [0.1, 0.15) is 0 Å². The molecule has 1 aromatic carbocycles. The zero-order valence-electron chi connectivity index (χ0n) is 10.1. The normalized spacial score (nSPS) is 12.7. The molecule has 0 atom stereocenters. The number of halogens is 4. The smallest absolute Gasteiger partial charge is 0.211 e. The Bertz CT molecular complexity index is 543. The van der Waals surface area contributed by atoms with E-state index in [-0.39, 0.29) is 17.9 Å². The Morgan fingerprint density at radius 3 is 2.47 bits per heavy atom. The highest BCUT2D eigenvalue weighted by Crippen LogP contribution is 2.22. The number of rotatable bonds is 5. The third-order valence-electron chi connectivity index (χ3n) is 2.37. The highest BCUT2D eigenvalue weighted by molar-refractivity contribution is 9.10. The molecule has 0 amide bonds. The largest absolute Gasteiger partial charge is 0.389 e. The number of aryl methyl sites for hydroxylation is 1. The van der Waals surface area contributed by atoms with E-state index in [0.717, 1.165) is 10.0 Å². The van der Waals surface area contributed by atoms with Crippen molar-refractivity contribution >= 4 is 26.0 Å². The van der Waals surface area contributed by atoms with Gasteiger partial charge in [-0.3, -0.25) is 0 Å². The van der Waals surface area contributed by atoms with Crippen LogP contribution in [0.3, 0.4) is 0 Å². The van der Waals surface area contributed by atoms with Crippen molar-refractivity contribution < 1.29 is 21.6 Å². The van der Waals surface area contributed by atoms with Crippen LogP contribution in [-0.2, 0) is 10.0 Å².